The monoisotopic (exact) mass is 370 g/mol. The fourth-order valence-corrected chi connectivity index (χ4v) is 3.20. The maximum atomic E-state index is 12.1. The van der Waals surface area contributed by atoms with Gasteiger partial charge >= 0.3 is 0 Å². The fraction of sp³-hybridized carbons (Fsp3) is 0.333. The molecule has 138 valence electrons. The first-order valence-electron chi connectivity index (χ1n) is 8.65. The van der Waals surface area contributed by atoms with Gasteiger partial charge in [0.15, 0.2) is 0 Å². The first-order valence-corrected chi connectivity index (χ1v) is 9.80. The van der Waals surface area contributed by atoms with Crippen molar-refractivity contribution in [1.29, 1.82) is 0 Å². The summed E-state index contributed by atoms with van der Waals surface area (Å²) in [6, 6.07) is 15.5. The summed E-state index contributed by atoms with van der Waals surface area (Å²) < 4.78 is 0. The average Bonchev–Trinajstić information content (AvgIpc) is 2.62. The summed E-state index contributed by atoms with van der Waals surface area (Å²) in [5.41, 5.74) is 3.85. The van der Waals surface area contributed by atoms with Crippen molar-refractivity contribution in [2.75, 3.05) is 25.2 Å². The van der Waals surface area contributed by atoms with E-state index in [9.17, 15) is 9.59 Å². The molecule has 0 aliphatic rings. The summed E-state index contributed by atoms with van der Waals surface area (Å²) >= 11 is 1.59. The lowest BCUT2D eigenvalue weighted by molar-refractivity contribution is -0.113. The van der Waals surface area contributed by atoms with Crippen LogP contribution < -0.4 is 5.32 Å². The van der Waals surface area contributed by atoms with Gasteiger partial charge in [-0.1, -0.05) is 38.1 Å². The Kier molecular flexibility index (Phi) is 7.27. The van der Waals surface area contributed by atoms with E-state index in [1.807, 2.05) is 0 Å². The number of benzene rings is 2. The highest BCUT2D eigenvalue weighted by Crippen LogP contribution is 2.18. The van der Waals surface area contributed by atoms with Crippen LogP contribution in [0, 0.1) is 0 Å². The first kappa shape index (κ1) is 20.0. The SMILES string of the molecule is CC(C)c1ccc(CSCC(=O)Nc2ccc(C(=O)N(C)C)cc2)cc1. The maximum Gasteiger partial charge on any atom is 0.253 e. The Balaban J connectivity index is 1.79. The fourth-order valence-electron chi connectivity index (χ4n) is 2.41. The topological polar surface area (TPSA) is 49.4 Å². The lowest BCUT2D eigenvalue weighted by Crippen LogP contribution is -2.21. The zero-order chi connectivity index (χ0) is 19.1. The van der Waals surface area contributed by atoms with Gasteiger partial charge in [-0.25, -0.2) is 0 Å². The minimum atomic E-state index is -0.0538. The van der Waals surface area contributed by atoms with E-state index < -0.39 is 0 Å². The third kappa shape index (κ3) is 5.92. The summed E-state index contributed by atoms with van der Waals surface area (Å²) in [5, 5.41) is 2.86. The van der Waals surface area contributed by atoms with E-state index >= 15 is 0 Å². The van der Waals surface area contributed by atoms with E-state index in [0.29, 0.717) is 22.9 Å². The van der Waals surface area contributed by atoms with Crippen LogP contribution in [0.4, 0.5) is 5.69 Å². The van der Waals surface area contributed by atoms with Crippen molar-refractivity contribution in [3.63, 3.8) is 0 Å². The molecule has 0 radical (unpaired) electrons. The van der Waals surface area contributed by atoms with Crippen LogP contribution in [-0.2, 0) is 10.5 Å². The Labute approximate surface area is 160 Å². The van der Waals surface area contributed by atoms with Crippen LogP contribution >= 0.6 is 11.8 Å². The molecular formula is C21H26N2O2S. The van der Waals surface area contributed by atoms with Gasteiger partial charge in [-0.2, -0.15) is 0 Å². The van der Waals surface area contributed by atoms with Crippen molar-refractivity contribution < 1.29 is 9.59 Å². The average molecular weight is 371 g/mol. The number of thioether (sulfide) groups is 1. The minimum Gasteiger partial charge on any atom is -0.345 e. The Morgan fingerprint density at radius 2 is 1.62 bits per heavy atom. The van der Waals surface area contributed by atoms with Crippen molar-refractivity contribution in [2.24, 2.45) is 0 Å². The highest BCUT2D eigenvalue weighted by molar-refractivity contribution is 7.99. The van der Waals surface area contributed by atoms with Crippen LogP contribution in [-0.4, -0.2) is 36.6 Å². The van der Waals surface area contributed by atoms with E-state index in [-0.39, 0.29) is 11.8 Å². The summed E-state index contributed by atoms with van der Waals surface area (Å²) in [4.78, 5) is 25.4. The molecule has 0 bridgehead atoms. The Bertz CT molecular complexity index is 738. The normalized spacial score (nSPS) is 10.7. The Morgan fingerprint density at radius 1 is 1.00 bits per heavy atom. The van der Waals surface area contributed by atoms with Gasteiger partial charge < -0.3 is 10.2 Å². The molecule has 0 fully saturated rings. The maximum absolute atomic E-state index is 12.1. The molecule has 0 heterocycles. The predicted molar refractivity (Wildman–Crippen MR) is 110 cm³/mol. The van der Waals surface area contributed by atoms with Gasteiger partial charge in [0, 0.05) is 31.1 Å². The molecule has 0 saturated heterocycles. The number of rotatable bonds is 7. The second-order valence-corrected chi connectivity index (χ2v) is 7.70. The molecule has 0 aromatic heterocycles. The van der Waals surface area contributed by atoms with Crippen molar-refractivity contribution >= 4 is 29.3 Å². The van der Waals surface area contributed by atoms with E-state index in [4.69, 9.17) is 0 Å². The molecule has 0 saturated carbocycles. The number of hydrogen-bond acceptors (Lipinski definition) is 3. The van der Waals surface area contributed by atoms with Gasteiger partial charge in [0.2, 0.25) is 5.91 Å². The summed E-state index contributed by atoms with van der Waals surface area (Å²) in [7, 11) is 3.43. The number of amides is 2. The zero-order valence-corrected chi connectivity index (χ0v) is 16.6. The lowest BCUT2D eigenvalue weighted by Gasteiger charge is -2.11. The number of nitrogens with one attached hydrogen (secondary N) is 1. The molecule has 2 aromatic rings. The smallest absolute Gasteiger partial charge is 0.253 e. The molecule has 2 amide bonds. The Morgan fingerprint density at radius 3 is 2.15 bits per heavy atom. The molecule has 4 nitrogen and oxygen atoms in total. The van der Waals surface area contributed by atoms with Crippen LogP contribution in [0.3, 0.4) is 0 Å². The molecule has 0 aliphatic carbocycles. The highest BCUT2D eigenvalue weighted by Gasteiger charge is 2.08. The molecule has 2 rings (SSSR count). The van der Waals surface area contributed by atoms with E-state index in [2.05, 4.69) is 43.4 Å². The van der Waals surface area contributed by atoms with Gasteiger partial charge in [-0.3, -0.25) is 9.59 Å². The second kappa shape index (κ2) is 9.43. The zero-order valence-electron chi connectivity index (χ0n) is 15.8. The summed E-state index contributed by atoms with van der Waals surface area (Å²) in [5.74, 6) is 1.64. The first-order chi connectivity index (χ1) is 12.4. The predicted octanol–water partition coefficient (Wildman–Crippen LogP) is 4.38. The molecule has 1 N–H and O–H groups in total. The quantitative estimate of drug-likeness (QED) is 0.787. The van der Waals surface area contributed by atoms with Crippen LogP contribution in [0.5, 0.6) is 0 Å². The van der Waals surface area contributed by atoms with E-state index in [0.717, 1.165) is 5.75 Å². The van der Waals surface area contributed by atoms with Crippen LogP contribution in [0.2, 0.25) is 0 Å². The summed E-state index contributed by atoms with van der Waals surface area (Å²) in [6.45, 7) is 4.36. The van der Waals surface area contributed by atoms with Gasteiger partial charge in [0.25, 0.3) is 5.91 Å². The molecule has 2 aromatic carbocycles. The molecule has 0 atom stereocenters. The van der Waals surface area contributed by atoms with Crippen molar-refractivity contribution in [3.8, 4) is 0 Å². The third-order valence-corrected chi connectivity index (χ3v) is 4.97. The molecule has 0 spiro atoms. The molecule has 0 aliphatic heterocycles. The molecule has 0 unspecified atom stereocenters. The van der Waals surface area contributed by atoms with Crippen LogP contribution in [0.15, 0.2) is 48.5 Å². The Hall–Kier alpha value is -2.27. The number of carbonyl (C=O) groups excluding carboxylic acids is 2. The largest absolute Gasteiger partial charge is 0.345 e. The van der Waals surface area contributed by atoms with Crippen molar-refractivity contribution in [3.05, 3.63) is 65.2 Å². The third-order valence-electron chi connectivity index (χ3n) is 3.97. The number of anilines is 1. The van der Waals surface area contributed by atoms with E-state index in [1.165, 1.54) is 16.0 Å². The van der Waals surface area contributed by atoms with Crippen molar-refractivity contribution in [1.82, 2.24) is 4.90 Å². The van der Waals surface area contributed by atoms with Crippen LogP contribution in [0.25, 0.3) is 0 Å². The van der Waals surface area contributed by atoms with Crippen molar-refractivity contribution in [2.45, 2.75) is 25.5 Å². The lowest BCUT2D eigenvalue weighted by atomic mass is 10.0. The second-order valence-electron chi connectivity index (χ2n) is 6.71. The van der Waals surface area contributed by atoms with Gasteiger partial charge in [0.1, 0.15) is 0 Å². The van der Waals surface area contributed by atoms with Crippen LogP contribution in [0.1, 0.15) is 41.3 Å². The molecular weight excluding hydrogens is 344 g/mol. The molecule has 26 heavy (non-hydrogen) atoms. The highest BCUT2D eigenvalue weighted by atomic mass is 32.2. The standard InChI is InChI=1S/C21H26N2O2S/c1-15(2)17-7-5-16(6-8-17)13-26-14-20(24)22-19-11-9-18(10-12-19)21(25)23(3)4/h5-12,15H,13-14H2,1-4H3,(H,22,24). The van der Waals surface area contributed by atoms with E-state index in [1.54, 1.807) is 50.1 Å². The number of nitrogens with zero attached hydrogens (tertiary/aromatic N) is 1. The molecule has 5 heteroatoms. The van der Waals surface area contributed by atoms with Gasteiger partial charge in [-0.15, -0.1) is 11.8 Å². The number of carbonyl (C=O) groups is 2. The summed E-state index contributed by atoms with van der Waals surface area (Å²) in [6.07, 6.45) is 0. The number of hydrogen-bond donors (Lipinski definition) is 1. The minimum absolute atomic E-state index is 0.0412. The van der Waals surface area contributed by atoms with Gasteiger partial charge in [-0.05, 0) is 41.3 Å². The van der Waals surface area contributed by atoms with Gasteiger partial charge in [0.05, 0.1) is 5.75 Å².